The van der Waals surface area contributed by atoms with Gasteiger partial charge in [-0.15, -0.1) is 0 Å². The predicted molar refractivity (Wildman–Crippen MR) is 145 cm³/mol. The van der Waals surface area contributed by atoms with Crippen LogP contribution in [-0.4, -0.2) is 32.9 Å². The number of amides is 1. The van der Waals surface area contributed by atoms with E-state index in [0.29, 0.717) is 45.6 Å². The van der Waals surface area contributed by atoms with Crippen LogP contribution in [0.2, 0.25) is 5.02 Å². The molecule has 0 atom stereocenters. The van der Waals surface area contributed by atoms with Gasteiger partial charge in [-0.3, -0.25) is 4.79 Å². The summed E-state index contributed by atoms with van der Waals surface area (Å²) in [5.74, 6) is 1.40. The second-order valence-corrected chi connectivity index (χ2v) is 11.3. The predicted octanol–water partition coefficient (Wildman–Crippen LogP) is 5.44. The number of anilines is 1. The van der Waals surface area contributed by atoms with Crippen molar-refractivity contribution < 1.29 is 17.9 Å². The average Bonchev–Trinajstić information content (AvgIpc) is 2.82. The van der Waals surface area contributed by atoms with Crippen molar-refractivity contribution in [3.8, 4) is 17.6 Å². The molecule has 0 saturated carbocycles. The Labute approximate surface area is 220 Å². The summed E-state index contributed by atoms with van der Waals surface area (Å²) < 4.78 is 33.4. The van der Waals surface area contributed by atoms with E-state index >= 15 is 0 Å². The van der Waals surface area contributed by atoms with Gasteiger partial charge >= 0.3 is 0 Å². The first-order chi connectivity index (χ1) is 17.1. The highest BCUT2D eigenvalue weighted by Gasteiger charge is 2.16. The molecule has 3 rings (SSSR count). The van der Waals surface area contributed by atoms with Gasteiger partial charge in [-0.25, -0.2) is 13.1 Å². The number of halogens is 1. The Morgan fingerprint density at radius 3 is 2.56 bits per heavy atom. The SMILES string of the molecule is CSCCNS(=O)(=O)c1ccc(NC(=O)Cc2ccc(C)c(Oc3cc(Cl)cc(C#N)c3)c2)c(C)c1. The van der Waals surface area contributed by atoms with Crippen molar-refractivity contribution in [3.63, 3.8) is 0 Å². The lowest BCUT2D eigenvalue weighted by atomic mass is 10.1. The maximum atomic E-state index is 12.7. The topological polar surface area (TPSA) is 108 Å². The number of aryl methyl sites for hydroxylation is 2. The Bertz CT molecular complexity index is 1420. The standard InChI is InChI=1S/C26H26ClN3O4S2/c1-17-4-5-19(13-25(17)34-22-12-20(16-28)11-21(27)15-22)14-26(31)30-24-7-6-23(10-18(24)2)36(32,33)29-8-9-35-3/h4-7,10-13,15,29H,8-9,14H2,1-3H3,(H,30,31). The Morgan fingerprint density at radius 2 is 1.86 bits per heavy atom. The van der Waals surface area contributed by atoms with E-state index in [1.54, 1.807) is 49.0 Å². The third kappa shape index (κ3) is 7.48. The Balaban J connectivity index is 1.70. The summed E-state index contributed by atoms with van der Waals surface area (Å²) in [6.45, 7) is 3.97. The van der Waals surface area contributed by atoms with Gasteiger partial charge < -0.3 is 10.1 Å². The largest absolute Gasteiger partial charge is 0.457 e. The molecule has 0 saturated heterocycles. The molecule has 0 spiro atoms. The van der Waals surface area contributed by atoms with Crippen molar-refractivity contribution in [1.82, 2.24) is 4.72 Å². The molecule has 0 fully saturated rings. The number of nitriles is 1. The lowest BCUT2D eigenvalue weighted by Gasteiger charge is -2.13. The van der Waals surface area contributed by atoms with Crippen LogP contribution in [0.15, 0.2) is 59.5 Å². The fraction of sp³-hybridized carbons (Fsp3) is 0.231. The maximum absolute atomic E-state index is 12.7. The smallest absolute Gasteiger partial charge is 0.240 e. The van der Waals surface area contributed by atoms with Gasteiger partial charge in [-0.1, -0.05) is 23.7 Å². The van der Waals surface area contributed by atoms with E-state index in [2.05, 4.69) is 10.0 Å². The number of benzene rings is 3. The van der Waals surface area contributed by atoms with Crippen molar-refractivity contribution in [2.75, 3.05) is 23.9 Å². The normalized spacial score (nSPS) is 11.1. The average molecular weight is 544 g/mol. The van der Waals surface area contributed by atoms with E-state index in [0.717, 1.165) is 11.1 Å². The molecule has 36 heavy (non-hydrogen) atoms. The summed E-state index contributed by atoms with van der Waals surface area (Å²) in [4.78, 5) is 12.9. The van der Waals surface area contributed by atoms with Gasteiger partial charge in [0.05, 0.1) is 22.9 Å². The summed E-state index contributed by atoms with van der Waals surface area (Å²) in [6.07, 6.45) is 2.00. The second kappa shape index (κ2) is 12.3. The zero-order valence-electron chi connectivity index (χ0n) is 20.1. The van der Waals surface area contributed by atoms with Crippen molar-refractivity contribution >= 4 is 45.0 Å². The van der Waals surface area contributed by atoms with Crippen LogP contribution >= 0.6 is 23.4 Å². The minimum Gasteiger partial charge on any atom is -0.457 e. The van der Waals surface area contributed by atoms with Gasteiger partial charge in [0.15, 0.2) is 0 Å². The first-order valence-corrected chi connectivity index (χ1v) is 14.2. The van der Waals surface area contributed by atoms with Crippen LogP contribution in [-0.2, 0) is 21.2 Å². The van der Waals surface area contributed by atoms with E-state index < -0.39 is 10.0 Å². The third-order valence-corrected chi connectivity index (χ3v) is 7.52. The Morgan fingerprint density at radius 1 is 1.08 bits per heavy atom. The van der Waals surface area contributed by atoms with Gasteiger partial charge in [0, 0.05) is 23.0 Å². The molecule has 0 aromatic heterocycles. The lowest BCUT2D eigenvalue weighted by molar-refractivity contribution is -0.115. The molecule has 0 radical (unpaired) electrons. The molecule has 188 valence electrons. The molecular formula is C26H26ClN3O4S2. The number of carbonyl (C=O) groups excluding carboxylic acids is 1. The highest BCUT2D eigenvalue weighted by molar-refractivity contribution is 7.98. The van der Waals surface area contributed by atoms with E-state index in [-0.39, 0.29) is 17.2 Å². The first kappa shape index (κ1) is 27.6. The summed E-state index contributed by atoms with van der Waals surface area (Å²) in [5, 5.41) is 12.4. The fourth-order valence-corrected chi connectivity index (χ4v) is 5.14. The molecule has 10 heteroatoms. The second-order valence-electron chi connectivity index (χ2n) is 8.08. The molecule has 0 heterocycles. The molecule has 2 N–H and O–H groups in total. The summed E-state index contributed by atoms with van der Waals surface area (Å²) >= 11 is 7.62. The summed E-state index contributed by atoms with van der Waals surface area (Å²) in [6, 6.07) is 16.9. The number of hydrogen-bond donors (Lipinski definition) is 2. The zero-order chi connectivity index (χ0) is 26.3. The number of thioether (sulfide) groups is 1. The van der Waals surface area contributed by atoms with Crippen molar-refractivity contribution in [2.24, 2.45) is 0 Å². The minimum absolute atomic E-state index is 0.0887. The molecule has 1 amide bonds. The van der Waals surface area contributed by atoms with Crippen LogP contribution in [0, 0.1) is 25.2 Å². The summed E-state index contributed by atoms with van der Waals surface area (Å²) in [5.41, 5.74) is 3.14. The monoisotopic (exact) mass is 543 g/mol. The molecule has 0 bridgehead atoms. The third-order valence-electron chi connectivity index (χ3n) is 5.23. The summed E-state index contributed by atoms with van der Waals surface area (Å²) in [7, 11) is -3.61. The van der Waals surface area contributed by atoms with Gasteiger partial charge in [0.25, 0.3) is 0 Å². The van der Waals surface area contributed by atoms with Gasteiger partial charge in [-0.05, 0) is 79.3 Å². The van der Waals surface area contributed by atoms with Crippen molar-refractivity contribution in [2.45, 2.75) is 25.2 Å². The Kier molecular flexibility index (Phi) is 9.40. The number of carbonyl (C=O) groups is 1. The highest BCUT2D eigenvalue weighted by atomic mass is 35.5. The number of nitrogens with zero attached hydrogens (tertiary/aromatic N) is 1. The molecule has 0 aliphatic rings. The fourth-order valence-electron chi connectivity index (χ4n) is 3.36. The highest BCUT2D eigenvalue weighted by Crippen LogP contribution is 2.29. The molecule has 7 nitrogen and oxygen atoms in total. The number of hydrogen-bond acceptors (Lipinski definition) is 6. The molecule has 3 aromatic rings. The van der Waals surface area contributed by atoms with Crippen LogP contribution in [0.5, 0.6) is 11.5 Å². The molecule has 0 aliphatic carbocycles. The van der Waals surface area contributed by atoms with Crippen LogP contribution in [0.1, 0.15) is 22.3 Å². The molecule has 0 unspecified atom stereocenters. The molecule has 3 aromatic carbocycles. The van der Waals surface area contributed by atoms with Crippen LogP contribution < -0.4 is 14.8 Å². The van der Waals surface area contributed by atoms with E-state index in [1.807, 2.05) is 31.4 Å². The van der Waals surface area contributed by atoms with Gasteiger partial charge in [0.1, 0.15) is 11.5 Å². The lowest BCUT2D eigenvalue weighted by Crippen LogP contribution is -2.26. The van der Waals surface area contributed by atoms with E-state index in [9.17, 15) is 13.2 Å². The van der Waals surface area contributed by atoms with Crippen molar-refractivity contribution in [1.29, 1.82) is 5.26 Å². The quantitative estimate of drug-likeness (QED) is 0.329. The number of rotatable bonds is 10. The van der Waals surface area contributed by atoms with Gasteiger partial charge in [-0.2, -0.15) is 17.0 Å². The van der Waals surface area contributed by atoms with Gasteiger partial charge in [0.2, 0.25) is 15.9 Å². The van der Waals surface area contributed by atoms with E-state index in [1.165, 1.54) is 12.1 Å². The van der Waals surface area contributed by atoms with Crippen LogP contribution in [0.3, 0.4) is 0 Å². The van der Waals surface area contributed by atoms with Crippen LogP contribution in [0.25, 0.3) is 0 Å². The molecular weight excluding hydrogens is 518 g/mol. The number of sulfonamides is 1. The first-order valence-electron chi connectivity index (χ1n) is 11.0. The van der Waals surface area contributed by atoms with Crippen molar-refractivity contribution in [3.05, 3.63) is 81.9 Å². The zero-order valence-corrected chi connectivity index (χ0v) is 22.5. The molecule has 0 aliphatic heterocycles. The number of ether oxygens (including phenoxy) is 1. The maximum Gasteiger partial charge on any atom is 0.240 e. The number of nitrogens with one attached hydrogen (secondary N) is 2. The Hall–Kier alpha value is -3.03. The van der Waals surface area contributed by atoms with E-state index in [4.69, 9.17) is 21.6 Å². The minimum atomic E-state index is -3.61. The van der Waals surface area contributed by atoms with Crippen LogP contribution in [0.4, 0.5) is 5.69 Å².